The van der Waals surface area contributed by atoms with Gasteiger partial charge >= 0.3 is 5.97 Å². The summed E-state index contributed by atoms with van der Waals surface area (Å²) in [6.45, 7) is 4.11. The number of allylic oxidation sites excluding steroid dienone is 2. The van der Waals surface area contributed by atoms with Crippen LogP contribution >= 0.6 is 11.3 Å². The van der Waals surface area contributed by atoms with E-state index < -0.39 is 5.97 Å². The Balaban J connectivity index is 1.18. The van der Waals surface area contributed by atoms with E-state index in [1.165, 1.54) is 16.9 Å². The van der Waals surface area contributed by atoms with Gasteiger partial charge in [0.1, 0.15) is 21.2 Å². The van der Waals surface area contributed by atoms with Crippen LogP contribution in [0.2, 0.25) is 0 Å². The molecular weight excluding hydrogens is 473 g/mol. The van der Waals surface area contributed by atoms with Gasteiger partial charge in [0.15, 0.2) is 0 Å². The normalized spacial score (nSPS) is 17.7. The number of aromatic nitrogens is 2. The molecule has 182 valence electrons. The van der Waals surface area contributed by atoms with E-state index in [0.29, 0.717) is 23.7 Å². The van der Waals surface area contributed by atoms with Crippen molar-refractivity contribution in [3.63, 3.8) is 0 Å². The molecule has 3 heterocycles. The van der Waals surface area contributed by atoms with Crippen LogP contribution in [0.3, 0.4) is 0 Å². The fraction of sp³-hybridized carbons (Fsp3) is 0.276. The van der Waals surface area contributed by atoms with Crippen LogP contribution in [0.5, 0.6) is 0 Å². The lowest BCUT2D eigenvalue weighted by Crippen LogP contribution is -2.50. The molecule has 36 heavy (non-hydrogen) atoms. The smallest absolute Gasteiger partial charge is 0.309 e. The number of nitrogens with zero attached hydrogens (tertiary/aromatic N) is 3. The van der Waals surface area contributed by atoms with E-state index >= 15 is 4.39 Å². The summed E-state index contributed by atoms with van der Waals surface area (Å²) in [5.74, 6) is -1.07. The Kier molecular flexibility index (Phi) is 5.69. The molecule has 6 rings (SSSR count). The average molecular weight is 500 g/mol. The van der Waals surface area contributed by atoms with Crippen molar-refractivity contribution >= 4 is 27.7 Å². The molecular formula is C29H26FN3O2S. The molecule has 0 bridgehead atoms. The molecule has 2 aromatic carbocycles. The largest absolute Gasteiger partial charge is 0.481 e. The fourth-order valence-electron chi connectivity index (χ4n) is 4.93. The molecule has 2 aromatic heterocycles. The maximum Gasteiger partial charge on any atom is 0.309 e. The number of pyridine rings is 1. The minimum atomic E-state index is -0.724. The van der Waals surface area contributed by atoms with Crippen LogP contribution in [-0.4, -0.2) is 45.6 Å². The number of benzene rings is 2. The number of aliphatic carboxylic acids is 1. The summed E-state index contributed by atoms with van der Waals surface area (Å²) in [5, 5.41) is 9.65. The van der Waals surface area contributed by atoms with E-state index in [2.05, 4.69) is 41.1 Å². The monoisotopic (exact) mass is 499 g/mol. The number of carboxylic acids is 1. The molecule has 1 fully saturated rings. The SMILES string of the molecule is CC(CCN1CC(C(=O)O)C1)c1ccc(-c2nc3ccc(C4(c5ccccc5)C=C4)nc3s2)c(F)c1. The van der Waals surface area contributed by atoms with Gasteiger partial charge in [0, 0.05) is 18.7 Å². The van der Waals surface area contributed by atoms with E-state index in [9.17, 15) is 4.79 Å². The Morgan fingerprint density at radius 3 is 2.61 bits per heavy atom. The maximum atomic E-state index is 15.2. The second-order valence-electron chi connectivity index (χ2n) is 9.83. The van der Waals surface area contributed by atoms with Crippen LogP contribution in [0.1, 0.15) is 36.1 Å². The number of thiazole rings is 1. The molecule has 7 heteroatoms. The molecule has 0 saturated carbocycles. The highest BCUT2D eigenvalue weighted by atomic mass is 32.1. The van der Waals surface area contributed by atoms with Crippen LogP contribution in [0.15, 0.2) is 72.8 Å². The van der Waals surface area contributed by atoms with Gasteiger partial charge in [-0.15, -0.1) is 0 Å². The lowest BCUT2D eigenvalue weighted by Gasteiger charge is -2.37. The van der Waals surface area contributed by atoms with Gasteiger partial charge in [-0.3, -0.25) is 4.79 Å². The van der Waals surface area contributed by atoms with Crippen molar-refractivity contribution in [2.45, 2.75) is 24.7 Å². The summed E-state index contributed by atoms with van der Waals surface area (Å²) in [4.78, 5) is 23.5. The minimum absolute atomic E-state index is 0.178. The van der Waals surface area contributed by atoms with E-state index in [0.717, 1.165) is 34.6 Å². The molecule has 5 nitrogen and oxygen atoms in total. The van der Waals surface area contributed by atoms with Gasteiger partial charge in [0.25, 0.3) is 0 Å². The molecule has 0 spiro atoms. The van der Waals surface area contributed by atoms with Gasteiger partial charge in [-0.2, -0.15) is 0 Å². The second kappa shape index (κ2) is 8.91. The quantitative estimate of drug-likeness (QED) is 0.308. The molecule has 1 atom stereocenters. The van der Waals surface area contributed by atoms with Gasteiger partial charge < -0.3 is 10.0 Å². The van der Waals surface area contributed by atoms with Gasteiger partial charge in [0.05, 0.1) is 17.0 Å². The molecule has 4 aromatic rings. The molecule has 1 N–H and O–H groups in total. The maximum absolute atomic E-state index is 15.2. The molecule has 1 saturated heterocycles. The highest BCUT2D eigenvalue weighted by Crippen LogP contribution is 2.45. The number of fused-ring (bicyclic) bond motifs is 1. The summed E-state index contributed by atoms with van der Waals surface area (Å²) in [6, 6.07) is 19.7. The van der Waals surface area contributed by atoms with Crippen molar-refractivity contribution in [3.05, 3.63) is 95.5 Å². The Morgan fingerprint density at radius 1 is 1.14 bits per heavy atom. The summed E-state index contributed by atoms with van der Waals surface area (Å²) >= 11 is 1.41. The first kappa shape index (κ1) is 23.0. The van der Waals surface area contributed by atoms with Crippen LogP contribution in [0.25, 0.3) is 20.9 Å². The van der Waals surface area contributed by atoms with Crippen molar-refractivity contribution in [2.75, 3.05) is 19.6 Å². The van der Waals surface area contributed by atoms with Crippen molar-refractivity contribution in [1.29, 1.82) is 0 Å². The molecule has 1 aliphatic carbocycles. The van der Waals surface area contributed by atoms with Crippen molar-refractivity contribution < 1.29 is 14.3 Å². The van der Waals surface area contributed by atoms with Gasteiger partial charge in [0.2, 0.25) is 0 Å². The summed E-state index contributed by atoms with van der Waals surface area (Å²) in [7, 11) is 0. The lowest BCUT2D eigenvalue weighted by molar-refractivity contribution is -0.147. The third kappa shape index (κ3) is 4.12. The van der Waals surface area contributed by atoms with Crippen molar-refractivity contribution in [2.24, 2.45) is 5.92 Å². The van der Waals surface area contributed by atoms with Crippen LogP contribution in [0, 0.1) is 11.7 Å². The van der Waals surface area contributed by atoms with Crippen molar-refractivity contribution in [1.82, 2.24) is 14.9 Å². The summed E-state index contributed by atoms with van der Waals surface area (Å²) in [5.41, 5.74) is 4.09. The first-order valence-corrected chi connectivity index (χ1v) is 13.0. The van der Waals surface area contributed by atoms with Crippen LogP contribution in [0.4, 0.5) is 4.39 Å². The molecule has 0 radical (unpaired) electrons. The molecule has 1 aliphatic heterocycles. The Morgan fingerprint density at radius 2 is 1.92 bits per heavy atom. The van der Waals surface area contributed by atoms with Crippen molar-refractivity contribution in [3.8, 4) is 10.6 Å². The zero-order chi connectivity index (χ0) is 24.9. The highest BCUT2D eigenvalue weighted by Gasteiger charge is 2.39. The van der Waals surface area contributed by atoms with E-state index in [4.69, 9.17) is 10.1 Å². The molecule has 0 amide bonds. The number of hydrogen-bond acceptors (Lipinski definition) is 5. The minimum Gasteiger partial charge on any atom is -0.481 e. The third-order valence-corrected chi connectivity index (χ3v) is 8.41. The first-order valence-electron chi connectivity index (χ1n) is 12.2. The van der Waals surface area contributed by atoms with E-state index in [1.54, 1.807) is 6.07 Å². The Hall–Kier alpha value is -3.42. The zero-order valence-corrected chi connectivity index (χ0v) is 20.7. The fourth-order valence-corrected chi connectivity index (χ4v) is 5.90. The van der Waals surface area contributed by atoms with Gasteiger partial charge in [-0.25, -0.2) is 14.4 Å². The first-order chi connectivity index (χ1) is 17.4. The number of hydrogen-bond donors (Lipinski definition) is 1. The standard InChI is InChI=1S/C29H26FN3O2S/c1-18(11-14-33-16-20(17-33)28(34)35)19-7-8-22(23(30)15-19)26-31-24-9-10-25(32-27(24)36-26)29(12-13-29)21-5-3-2-4-6-21/h2-10,12-13,15,18,20H,11,14,16-17H2,1H3,(H,34,35). The Bertz CT molecular complexity index is 1470. The topological polar surface area (TPSA) is 66.3 Å². The predicted molar refractivity (Wildman–Crippen MR) is 140 cm³/mol. The van der Waals surface area contributed by atoms with E-state index in [1.807, 2.05) is 42.5 Å². The zero-order valence-electron chi connectivity index (χ0n) is 19.9. The summed E-state index contributed by atoms with van der Waals surface area (Å²) < 4.78 is 15.2. The molecule has 2 aliphatic rings. The second-order valence-corrected chi connectivity index (χ2v) is 10.8. The van der Waals surface area contributed by atoms with Gasteiger partial charge in [-0.05, 0) is 54.3 Å². The predicted octanol–water partition coefficient (Wildman–Crippen LogP) is 5.86. The third-order valence-electron chi connectivity index (χ3n) is 7.41. The van der Waals surface area contributed by atoms with E-state index in [-0.39, 0.29) is 23.1 Å². The highest BCUT2D eigenvalue weighted by molar-refractivity contribution is 7.21. The van der Waals surface area contributed by atoms with Crippen LogP contribution < -0.4 is 0 Å². The summed E-state index contributed by atoms with van der Waals surface area (Å²) in [6.07, 6.45) is 5.17. The number of rotatable bonds is 8. The molecule has 1 unspecified atom stereocenters. The number of carboxylic acid groups (broad SMARTS) is 1. The lowest BCUT2D eigenvalue weighted by atomic mass is 9.89. The Labute approximate surface area is 213 Å². The number of halogens is 1. The van der Waals surface area contributed by atoms with Gasteiger partial charge in [-0.1, -0.05) is 66.8 Å². The number of likely N-dealkylation sites (tertiary alicyclic amines) is 1. The average Bonchev–Trinajstić information content (AvgIpc) is 3.56. The number of carbonyl (C=O) groups is 1. The van der Waals surface area contributed by atoms with Crippen LogP contribution in [-0.2, 0) is 10.2 Å².